The van der Waals surface area contributed by atoms with Crippen molar-refractivity contribution >= 4 is 23.0 Å². The Hall–Kier alpha value is -0.640. The van der Waals surface area contributed by atoms with Crippen LogP contribution in [-0.2, 0) is 0 Å². The third-order valence-corrected chi connectivity index (χ3v) is 4.63. The van der Waals surface area contributed by atoms with Gasteiger partial charge in [-0.1, -0.05) is 32.6 Å². The number of rotatable bonds is 2. The Labute approximate surface area is 122 Å². The van der Waals surface area contributed by atoms with E-state index in [2.05, 4.69) is 22.8 Å². The quantitative estimate of drug-likeness (QED) is 0.460. The van der Waals surface area contributed by atoms with E-state index in [1.165, 1.54) is 57.1 Å². The lowest BCUT2D eigenvalue weighted by molar-refractivity contribution is 0.308. The molecule has 2 fully saturated rings. The van der Waals surface area contributed by atoms with Crippen LogP contribution >= 0.6 is 12.2 Å². The lowest BCUT2D eigenvalue weighted by Gasteiger charge is -2.30. The van der Waals surface area contributed by atoms with E-state index in [9.17, 15) is 0 Å². The van der Waals surface area contributed by atoms with Crippen molar-refractivity contribution in [2.75, 3.05) is 0 Å². The van der Waals surface area contributed by atoms with Gasteiger partial charge in [0.25, 0.3) is 0 Å². The molecule has 0 aromatic rings. The van der Waals surface area contributed by atoms with Gasteiger partial charge in [-0.05, 0) is 56.7 Å². The van der Waals surface area contributed by atoms with Crippen molar-refractivity contribution in [3.63, 3.8) is 0 Å². The summed E-state index contributed by atoms with van der Waals surface area (Å²) in [5.74, 6) is 0.721. The largest absolute Gasteiger partial charge is 0.358 e. The van der Waals surface area contributed by atoms with Gasteiger partial charge in [0.05, 0.1) is 0 Å². The van der Waals surface area contributed by atoms with Crippen LogP contribution < -0.4 is 10.7 Å². The van der Waals surface area contributed by atoms with E-state index in [1.54, 1.807) is 0 Å². The number of nitrogens with one attached hydrogen (secondary N) is 2. The molecule has 0 radical (unpaired) electrons. The maximum atomic E-state index is 5.36. The second kappa shape index (κ2) is 7.83. The molecule has 0 unspecified atom stereocenters. The molecule has 19 heavy (non-hydrogen) atoms. The molecule has 0 saturated heterocycles. The zero-order valence-corrected chi connectivity index (χ0v) is 12.9. The Kier molecular flexibility index (Phi) is 6.08. The average Bonchev–Trinajstić information content (AvgIpc) is 2.68. The highest BCUT2D eigenvalue weighted by Gasteiger charge is 2.21. The Morgan fingerprint density at radius 3 is 2.42 bits per heavy atom. The minimum absolute atomic E-state index is 0.531. The lowest BCUT2D eigenvalue weighted by atomic mass is 9.86. The van der Waals surface area contributed by atoms with Crippen molar-refractivity contribution in [1.82, 2.24) is 10.7 Å². The summed E-state index contributed by atoms with van der Waals surface area (Å²) in [6.07, 6.45) is 12.8. The van der Waals surface area contributed by atoms with Crippen LogP contribution in [0.15, 0.2) is 5.10 Å². The Morgan fingerprint density at radius 2 is 1.74 bits per heavy atom. The van der Waals surface area contributed by atoms with Crippen molar-refractivity contribution < 1.29 is 0 Å². The minimum Gasteiger partial charge on any atom is -0.358 e. The maximum absolute atomic E-state index is 5.36. The molecular formula is C15H27N3S. The molecular weight excluding hydrogens is 254 g/mol. The average molecular weight is 281 g/mol. The van der Waals surface area contributed by atoms with Gasteiger partial charge in [-0.25, -0.2) is 0 Å². The number of hydrazone groups is 1. The van der Waals surface area contributed by atoms with Gasteiger partial charge in [0.1, 0.15) is 0 Å². The molecule has 2 rings (SSSR count). The standard InChI is InChI=1S/C15H27N3S/c1-12-8-6-7-11-14(12)16-15(19)18-17-13-9-4-2-3-5-10-13/h12,14H,2-11H2,1H3,(H2,16,18,19)/t12-,14-/m1/s1. The molecule has 0 spiro atoms. The van der Waals surface area contributed by atoms with Crippen LogP contribution in [0.2, 0.25) is 0 Å². The van der Waals surface area contributed by atoms with Gasteiger partial charge in [-0.3, -0.25) is 5.43 Å². The topological polar surface area (TPSA) is 36.4 Å². The Morgan fingerprint density at radius 1 is 1.05 bits per heavy atom. The number of hydrogen-bond acceptors (Lipinski definition) is 2. The molecule has 4 heteroatoms. The summed E-state index contributed by atoms with van der Waals surface area (Å²) in [6.45, 7) is 2.32. The van der Waals surface area contributed by atoms with Crippen molar-refractivity contribution in [3.8, 4) is 0 Å². The maximum Gasteiger partial charge on any atom is 0.187 e. The summed E-state index contributed by atoms with van der Waals surface area (Å²) >= 11 is 5.36. The Balaban J connectivity index is 1.75. The van der Waals surface area contributed by atoms with E-state index < -0.39 is 0 Å². The van der Waals surface area contributed by atoms with Gasteiger partial charge in [0.2, 0.25) is 0 Å². The number of hydrogen-bond donors (Lipinski definition) is 2. The number of nitrogens with zero attached hydrogens (tertiary/aromatic N) is 1. The van der Waals surface area contributed by atoms with Crippen molar-refractivity contribution in [3.05, 3.63) is 0 Å². The van der Waals surface area contributed by atoms with E-state index in [4.69, 9.17) is 12.2 Å². The predicted octanol–water partition coefficient (Wildman–Crippen LogP) is 3.74. The lowest BCUT2D eigenvalue weighted by Crippen LogP contribution is -2.44. The van der Waals surface area contributed by atoms with Crippen LogP contribution in [0, 0.1) is 5.92 Å². The van der Waals surface area contributed by atoms with E-state index in [0.717, 1.165) is 18.8 Å². The van der Waals surface area contributed by atoms with Crippen LogP contribution in [0.5, 0.6) is 0 Å². The Bertz CT molecular complexity index is 317. The van der Waals surface area contributed by atoms with Crippen LogP contribution in [0.1, 0.15) is 71.1 Å². The molecule has 0 aromatic carbocycles. The zero-order chi connectivity index (χ0) is 13.5. The fourth-order valence-corrected chi connectivity index (χ4v) is 3.31. The van der Waals surface area contributed by atoms with Crippen LogP contribution in [0.25, 0.3) is 0 Å². The molecule has 0 aromatic heterocycles. The van der Waals surface area contributed by atoms with Crippen LogP contribution in [-0.4, -0.2) is 16.9 Å². The van der Waals surface area contributed by atoms with Gasteiger partial charge in [0.15, 0.2) is 5.11 Å². The smallest absolute Gasteiger partial charge is 0.187 e. The summed E-state index contributed by atoms with van der Waals surface area (Å²) in [4.78, 5) is 0. The summed E-state index contributed by atoms with van der Waals surface area (Å²) in [6, 6.07) is 0.531. The fraction of sp³-hybridized carbons (Fsp3) is 0.867. The van der Waals surface area contributed by atoms with Crippen LogP contribution in [0.3, 0.4) is 0 Å². The monoisotopic (exact) mass is 281 g/mol. The molecule has 0 amide bonds. The third kappa shape index (κ3) is 5.09. The molecule has 2 aliphatic rings. The summed E-state index contributed by atoms with van der Waals surface area (Å²) < 4.78 is 0. The minimum atomic E-state index is 0.531. The van der Waals surface area contributed by atoms with Crippen LogP contribution in [0.4, 0.5) is 0 Å². The van der Waals surface area contributed by atoms with E-state index in [1.807, 2.05) is 0 Å². The second-order valence-electron chi connectivity index (χ2n) is 6.05. The molecule has 0 aliphatic heterocycles. The first-order chi connectivity index (χ1) is 9.25. The van der Waals surface area contributed by atoms with Crippen molar-refractivity contribution in [2.24, 2.45) is 11.0 Å². The molecule has 2 N–H and O–H groups in total. The van der Waals surface area contributed by atoms with Gasteiger partial charge >= 0.3 is 0 Å². The van der Waals surface area contributed by atoms with Gasteiger partial charge in [-0.15, -0.1) is 0 Å². The fourth-order valence-electron chi connectivity index (χ4n) is 3.11. The molecule has 2 aliphatic carbocycles. The third-order valence-electron chi connectivity index (χ3n) is 4.42. The molecule has 2 atom stereocenters. The summed E-state index contributed by atoms with van der Waals surface area (Å²) in [7, 11) is 0. The first kappa shape index (κ1) is 14.8. The normalized spacial score (nSPS) is 28.4. The van der Waals surface area contributed by atoms with Gasteiger partial charge in [0, 0.05) is 11.8 Å². The molecule has 0 heterocycles. The predicted molar refractivity (Wildman–Crippen MR) is 85.4 cm³/mol. The first-order valence-corrected chi connectivity index (χ1v) is 8.28. The van der Waals surface area contributed by atoms with E-state index in [0.29, 0.717) is 11.2 Å². The van der Waals surface area contributed by atoms with Gasteiger partial charge < -0.3 is 5.32 Å². The SMILES string of the molecule is C[C@@H]1CCCC[C@H]1NC(=S)NN=C1CCCCCC1. The van der Waals surface area contributed by atoms with E-state index in [-0.39, 0.29) is 0 Å². The molecule has 0 bridgehead atoms. The second-order valence-corrected chi connectivity index (χ2v) is 6.45. The molecule has 3 nitrogen and oxygen atoms in total. The zero-order valence-electron chi connectivity index (χ0n) is 12.1. The molecule has 108 valence electrons. The number of thiocarbonyl (C=S) groups is 1. The summed E-state index contributed by atoms with van der Waals surface area (Å²) in [5, 5.41) is 8.64. The van der Waals surface area contributed by atoms with E-state index >= 15 is 0 Å². The first-order valence-electron chi connectivity index (χ1n) is 7.87. The van der Waals surface area contributed by atoms with Crippen molar-refractivity contribution in [1.29, 1.82) is 0 Å². The summed E-state index contributed by atoms with van der Waals surface area (Å²) in [5.41, 5.74) is 4.35. The highest BCUT2D eigenvalue weighted by molar-refractivity contribution is 7.80. The van der Waals surface area contributed by atoms with Crippen molar-refractivity contribution in [2.45, 2.75) is 77.2 Å². The highest BCUT2D eigenvalue weighted by Crippen LogP contribution is 2.23. The highest BCUT2D eigenvalue weighted by atomic mass is 32.1. The molecule has 2 saturated carbocycles. The van der Waals surface area contributed by atoms with Gasteiger partial charge in [-0.2, -0.15) is 5.10 Å².